The third-order valence-corrected chi connectivity index (χ3v) is 5.03. The maximum Gasteiger partial charge on any atom is 0.422 e. The fourth-order valence-corrected chi connectivity index (χ4v) is 3.63. The molecular weight excluding hydrogens is 383 g/mol. The van der Waals surface area contributed by atoms with Crippen LogP contribution >= 0.6 is 0 Å². The molecule has 1 saturated heterocycles. The topological polar surface area (TPSA) is 32.8 Å². The number of hydrogen-bond donors (Lipinski definition) is 0. The molecule has 28 heavy (non-hydrogen) atoms. The van der Waals surface area contributed by atoms with Crippen molar-refractivity contribution in [3.63, 3.8) is 0 Å². The van der Waals surface area contributed by atoms with E-state index in [4.69, 9.17) is 4.74 Å². The Labute approximate surface area is 161 Å². The Hall–Kier alpha value is -1.80. The molecule has 1 amide bonds. The van der Waals surface area contributed by atoms with Gasteiger partial charge in [-0.05, 0) is 30.3 Å². The van der Waals surface area contributed by atoms with Crippen molar-refractivity contribution in [2.45, 2.75) is 51.8 Å². The van der Waals surface area contributed by atoms with Crippen LogP contribution in [0.25, 0.3) is 0 Å². The molecular formula is C19H25F5N2O2. The number of hydrogen-bond acceptors (Lipinski definition) is 3. The SMILES string of the molecule is CC(C)(C)C(C(=O)N1CC(F)(F)C1)N1C=C(C2CC2)C(OCC(F)(F)F)=CC1. The maximum atomic E-state index is 13.2. The summed E-state index contributed by atoms with van der Waals surface area (Å²) in [6.45, 7) is 3.16. The molecule has 1 aliphatic carbocycles. The van der Waals surface area contributed by atoms with E-state index in [2.05, 4.69) is 0 Å². The Bertz CT molecular complexity index is 681. The molecule has 3 rings (SSSR count). The number of ether oxygens (including phenoxy) is 1. The van der Waals surface area contributed by atoms with Crippen molar-refractivity contribution < 1.29 is 31.5 Å². The lowest BCUT2D eigenvalue weighted by Crippen LogP contribution is -2.64. The first-order valence-corrected chi connectivity index (χ1v) is 9.31. The Morgan fingerprint density at radius 1 is 1.25 bits per heavy atom. The Balaban J connectivity index is 1.78. The number of halogens is 5. The quantitative estimate of drug-likeness (QED) is 0.646. The first-order valence-electron chi connectivity index (χ1n) is 9.31. The fraction of sp³-hybridized carbons (Fsp3) is 0.737. The Kier molecular flexibility index (Phi) is 5.17. The van der Waals surface area contributed by atoms with Gasteiger partial charge in [0.15, 0.2) is 6.61 Å². The highest BCUT2D eigenvalue weighted by atomic mass is 19.4. The lowest BCUT2D eigenvalue weighted by atomic mass is 9.83. The summed E-state index contributed by atoms with van der Waals surface area (Å²) in [6, 6.07) is -0.697. The molecule has 1 unspecified atom stereocenters. The average molecular weight is 408 g/mol. The van der Waals surface area contributed by atoms with Crippen molar-refractivity contribution in [1.29, 1.82) is 0 Å². The number of alkyl halides is 5. The van der Waals surface area contributed by atoms with Crippen molar-refractivity contribution in [2.24, 2.45) is 11.3 Å². The Morgan fingerprint density at radius 2 is 1.86 bits per heavy atom. The zero-order chi connectivity index (χ0) is 20.9. The summed E-state index contributed by atoms with van der Waals surface area (Å²) in [5.41, 5.74) is 0.0946. The molecule has 2 aliphatic heterocycles. The minimum absolute atomic E-state index is 0.103. The smallest absolute Gasteiger partial charge is 0.422 e. The molecule has 2 heterocycles. The second-order valence-corrected chi connectivity index (χ2v) is 8.85. The van der Waals surface area contributed by atoms with E-state index >= 15 is 0 Å². The predicted molar refractivity (Wildman–Crippen MR) is 92.4 cm³/mol. The number of rotatable bonds is 5. The van der Waals surface area contributed by atoms with Gasteiger partial charge < -0.3 is 14.5 Å². The molecule has 0 aromatic carbocycles. The lowest BCUT2D eigenvalue weighted by Gasteiger charge is -2.46. The third kappa shape index (κ3) is 4.78. The van der Waals surface area contributed by atoms with E-state index in [9.17, 15) is 26.7 Å². The van der Waals surface area contributed by atoms with E-state index < -0.39 is 49.2 Å². The minimum atomic E-state index is -4.43. The summed E-state index contributed by atoms with van der Waals surface area (Å²) in [6.07, 6.45) is 0.502. The van der Waals surface area contributed by atoms with Crippen molar-refractivity contribution in [3.05, 3.63) is 23.6 Å². The van der Waals surface area contributed by atoms with Gasteiger partial charge in [-0.15, -0.1) is 0 Å². The predicted octanol–water partition coefficient (Wildman–Crippen LogP) is 3.95. The van der Waals surface area contributed by atoms with Crippen molar-refractivity contribution in [3.8, 4) is 0 Å². The first-order chi connectivity index (χ1) is 12.8. The molecule has 3 aliphatic rings. The second kappa shape index (κ2) is 6.91. The molecule has 4 nitrogen and oxygen atoms in total. The number of allylic oxidation sites excluding steroid dienone is 1. The zero-order valence-corrected chi connectivity index (χ0v) is 16.2. The largest absolute Gasteiger partial charge is 0.484 e. The van der Waals surface area contributed by atoms with Gasteiger partial charge in [0.1, 0.15) is 11.8 Å². The summed E-state index contributed by atoms with van der Waals surface area (Å²) >= 11 is 0. The molecule has 1 atom stereocenters. The zero-order valence-electron chi connectivity index (χ0n) is 16.2. The lowest BCUT2D eigenvalue weighted by molar-refractivity contribution is -0.173. The van der Waals surface area contributed by atoms with Crippen molar-refractivity contribution in [2.75, 3.05) is 26.2 Å². The summed E-state index contributed by atoms with van der Waals surface area (Å²) < 4.78 is 69.0. The van der Waals surface area contributed by atoms with Gasteiger partial charge in [-0.1, -0.05) is 20.8 Å². The van der Waals surface area contributed by atoms with Gasteiger partial charge in [0.25, 0.3) is 5.92 Å². The van der Waals surface area contributed by atoms with Crippen LogP contribution in [-0.4, -0.2) is 60.1 Å². The van der Waals surface area contributed by atoms with Gasteiger partial charge in [-0.3, -0.25) is 4.79 Å². The monoisotopic (exact) mass is 408 g/mol. The minimum Gasteiger partial charge on any atom is -0.484 e. The van der Waals surface area contributed by atoms with Crippen LogP contribution in [-0.2, 0) is 9.53 Å². The molecule has 0 spiro atoms. The highest BCUT2D eigenvalue weighted by molar-refractivity contribution is 5.84. The van der Waals surface area contributed by atoms with Crippen LogP contribution in [0.5, 0.6) is 0 Å². The molecule has 2 fully saturated rings. The molecule has 0 N–H and O–H groups in total. The second-order valence-electron chi connectivity index (χ2n) is 8.85. The van der Waals surface area contributed by atoms with E-state index in [1.807, 2.05) is 20.8 Å². The van der Waals surface area contributed by atoms with Crippen LogP contribution in [0.2, 0.25) is 0 Å². The molecule has 9 heteroatoms. The number of likely N-dealkylation sites (tertiary alicyclic amines) is 1. The summed E-state index contributed by atoms with van der Waals surface area (Å²) in [4.78, 5) is 15.8. The molecule has 158 valence electrons. The van der Waals surface area contributed by atoms with Gasteiger partial charge in [-0.25, -0.2) is 8.78 Å². The number of amides is 1. The van der Waals surface area contributed by atoms with Gasteiger partial charge >= 0.3 is 6.18 Å². The van der Waals surface area contributed by atoms with Crippen molar-refractivity contribution in [1.82, 2.24) is 9.80 Å². The summed E-state index contributed by atoms with van der Waals surface area (Å²) in [5.74, 6) is -2.94. The standard InChI is InChI=1S/C19H25F5N2O2/c1-17(2,3)15(16(27)26-9-18(20,21)10-26)25-7-6-14(28-11-19(22,23)24)13(8-25)12-4-5-12/h6,8,12,15H,4-5,7,9-11H2,1-3H3. The van der Waals surface area contributed by atoms with Crippen LogP contribution in [0.15, 0.2) is 23.6 Å². The van der Waals surface area contributed by atoms with Gasteiger partial charge in [-0.2, -0.15) is 13.2 Å². The first kappa shape index (κ1) is 20.9. The average Bonchev–Trinajstić information content (AvgIpc) is 3.33. The maximum absolute atomic E-state index is 13.2. The molecule has 0 bridgehead atoms. The van der Waals surface area contributed by atoms with Crippen LogP contribution in [0, 0.1) is 11.3 Å². The van der Waals surface area contributed by atoms with Crippen LogP contribution in [0.3, 0.4) is 0 Å². The summed E-state index contributed by atoms with van der Waals surface area (Å²) in [7, 11) is 0. The molecule has 0 aromatic heterocycles. The molecule has 1 saturated carbocycles. The van der Waals surface area contributed by atoms with E-state index in [1.165, 1.54) is 0 Å². The molecule has 0 radical (unpaired) electrons. The number of carbonyl (C=O) groups excluding carboxylic acids is 1. The van der Waals surface area contributed by atoms with Crippen LogP contribution in [0.1, 0.15) is 33.6 Å². The summed E-state index contributed by atoms with van der Waals surface area (Å²) in [5, 5.41) is 0. The van der Waals surface area contributed by atoms with E-state index in [0.29, 0.717) is 5.57 Å². The van der Waals surface area contributed by atoms with Gasteiger partial charge in [0.05, 0.1) is 13.1 Å². The van der Waals surface area contributed by atoms with Crippen LogP contribution in [0.4, 0.5) is 22.0 Å². The van der Waals surface area contributed by atoms with Crippen molar-refractivity contribution >= 4 is 5.91 Å². The fourth-order valence-electron chi connectivity index (χ4n) is 3.63. The van der Waals surface area contributed by atoms with Crippen LogP contribution < -0.4 is 0 Å². The van der Waals surface area contributed by atoms with E-state index in [-0.39, 0.29) is 18.2 Å². The normalized spacial score (nSPS) is 23.6. The van der Waals surface area contributed by atoms with Gasteiger partial charge in [0, 0.05) is 18.3 Å². The van der Waals surface area contributed by atoms with E-state index in [0.717, 1.165) is 17.7 Å². The molecule has 0 aromatic rings. The number of carbonyl (C=O) groups is 1. The highest BCUT2D eigenvalue weighted by Crippen LogP contribution is 2.43. The highest BCUT2D eigenvalue weighted by Gasteiger charge is 2.50. The van der Waals surface area contributed by atoms with Gasteiger partial charge in [0.2, 0.25) is 5.91 Å². The number of nitrogens with zero attached hydrogens (tertiary/aromatic N) is 2. The Morgan fingerprint density at radius 3 is 2.32 bits per heavy atom. The third-order valence-electron chi connectivity index (χ3n) is 5.03. The van der Waals surface area contributed by atoms with E-state index in [1.54, 1.807) is 17.2 Å².